The van der Waals surface area contributed by atoms with Crippen molar-refractivity contribution in [3.8, 4) is 0 Å². The SMILES string of the molecule is CCNc1cccc(S(=O)(=O)NCC2CC2C)c1[N+](=O)[O-]. The van der Waals surface area contributed by atoms with Crippen LogP contribution >= 0.6 is 0 Å². The van der Waals surface area contributed by atoms with Crippen molar-refractivity contribution < 1.29 is 13.3 Å². The van der Waals surface area contributed by atoms with Crippen molar-refractivity contribution in [3.63, 3.8) is 0 Å². The van der Waals surface area contributed by atoms with Gasteiger partial charge < -0.3 is 5.32 Å². The molecule has 0 aromatic heterocycles. The minimum absolute atomic E-state index is 0.213. The highest BCUT2D eigenvalue weighted by molar-refractivity contribution is 7.89. The van der Waals surface area contributed by atoms with Crippen LogP contribution in [-0.2, 0) is 10.0 Å². The first-order chi connectivity index (χ1) is 9.86. The highest BCUT2D eigenvalue weighted by Gasteiger charge is 2.35. The van der Waals surface area contributed by atoms with Gasteiger partial charge in [0, 0.05) is 13.1 Å². The Labute approximate surface area is 123 Å². The van der Waals surface area contributed by atoms with Crippen molar-refractivity contribution in [3.05, 3.63) is 28.3 Å². The van der Waals surface area contributed by atoms with E-state index in [1.807, 2.05) is 6.92 Å². The lowest BCUT2D eigenvalue weighted by molar-refractivity contribution is -0.386. The molecule has 0 bridgehead atoms. The van der Waals surface area contributed by atoms with E-state index in [9.17, 15) is 18.5 Å². The molecule has 0 amide bonds. The average molecular weight is 313 g/mol. The molecule has 1 saturated carbocycles. The van der Waals surface area contributed by atoms with Crippen LogP contribution < -0.4 is 10.0 Å². The van der Waals surface area contributed by atoms with Gasteiger partial charge in [0.25, 0.3) is 0 Å². The molecule has 2 unspecified atom stereocenters. The molecule has 0 radical (unpaired) electrons. The zero-order valence-corrected chi connectivity index (χ0v) is 12.8. The van der Waals surface area contributed by atoms with Crippen LogP contribution in [0.4, 0.5) is 11.4 Å². The van der Waals surface area contributed by atoms with Gasteiger partial charge >= 0.3 is 5.69 Å². The maximum Gasteiger partial charge on any atom is 0.312 e. The molecular formula is C13H19N3O4S. The fourth-order valence-electron chi connectivity index (χ4n) is 2.24. The van der Waals surface area contributed by atoms with E-state index in [-0.39, 0.29) is 10.6 Å². The quantitative estimate of drug-likeness (QED) is 0.592. The van der Waals surface area contributed by atoms with Crippen LogP contribution in [0, 0.1) is 22.0 Å². The second-order valence-electron chi connectivity index (χ2n) is 5.26. The molecule has 2 rings (SSSR count). The van der Waals surface area contributed by atoms with Gasteiger partial charge in [-0.2, -0.15) is 0 Å². The summed E-state index contributed by atoms with van der Waals surface area (Å²) >= 11 is 0. The largest absolute Gasteiger partial charge is 0.380 e. The van der Waals surface area contributed by atoms with Gasteiger partial charge in [0.05, 0.1) is 4.92 Å². The predicted octanol–water partition coefficient (Wildman–Crippen LogP) is 1.96. The van der Waals surface area contributed by atoms with E-state index < -0.39 is 20.6 Å². The maximum absolute atomic E-state index is 12.3. The smallest absolute Gasteiger partial charge is 0.312 e. The second kappa shape index (κ2) is 5.98. The van der Waals surface area contributed by atoms with E-state index in [0.29, 0.717) is 24.9 Å². The molecule has 2 atom stereocenters. The number of nitro groups is 1. The first-order valence-corrected chi connectivity index (χ1v) is 8.36. The highest BCUT2D eigenvalue weighted by Crippen LogP contribution is 2.37. The molecule has 7 nitrogen and oxygen atoms in total. The topological polar surface area (TPSA) is 101 Å². The van der Waals surface area contributed by atoms with Crippen LogP contribution in [-0.4, -0.2) is 26.4 Å². The Morgan fingerprint density at radius 2 is 2.10 bits per heavy atom. The third-order valence-corrected chi connectivity index (χ3v) is 5.11. The van der Waals surface area contributed by atoms with Gasteiger partial charge in [0.15, 0.2) is 4.90 Å². The van der Waals surface area contributed by atoms with Gasteiger partial charge in [0.1, 0.15) is 5.69 Å². The normalized spacial score (nSPS) is 21.0. The fraction of sp³-hybridized carbons (Fsp3) is 0.538. The summed E-state index contributed by atoms with van der Waals surface area (Å²) < 4.78 is 27.1. The van der Waals surface area contributed by atoms with Crippen molar-refractivity contribution in [2.75, 3.05) is 18.4 Å². The summed E-state index contributed by atoms with van der Waals surface area (Å²) in [6.45, 7) is 4.63. The number of hydrogen-bond donors (Lipinski definition) is 2. The van der Waals surface area contributed by atoms with Crippen LogP contribution in [0.15, 0.2) is 23.1 Å². The molecule has 0 saturated heterocycles. The first kappa shape index (κ1) is 15.7. The predicted molar refractivity (Wildman–Crippen MR) is 79.7 cm³/mol. The average Bonchev–Trinajstić information content (AvgIpc) is 3.12. The zero-order valence-electron chi connectivity index (χ0n) is 12.0. The first-order valence-electron chi connectivity index (χ1n) is 6.87. The maximum atomic E-state index is 12.3. The number of nitrogens with one attached hydrogen (secondary N) is 2. The Morgan fingerprint density at radius 3 is 2.62 bits per heavy atom. The van der Waals surface area contributed by atoms with Gasteiger partial charge in [-0.15, -0.1) is 0 Å². The number of benzene rings is 1. The van der Waals surface area contributed by atoms with Gasteiger partial charge in [0.2, 0.25) is 10.0 Å². The highest BCUT2D eigenvalue weighted by atomic mass is 32.2. The van der Waals surface area contributed by atoms with Crippen LogP contribution in [0.1, 0.15) is 20.3 Å². The lowest BCUT2D eigenvalue weighted by Gasteiger charge is -2.10. The van der Waals surface area contributed by atoms with Gasteiger partial charge in [-0.1, -0.05) is 13.0 Å². The number of sulfonamides is 1. The van der Waals surface area contributed by atoms with E-state index >= 15 is 0 Å². The number of hydrogen-bond acceptors (Lipinski definition) is 5. The van der Waals surface area contributed by atoms with Crippen molar-refractivity contribution in [2.45, 2.75) is 25.2 Å². The third kappa shape index (κ3) is 3.51. The standard InChI is InChI=1S/C13H19N3O4S/c1-3-14-11-5-4-6-12(13(11)16(17)18)21(19,20)15-8-10-7-9(10)2/h4-6,9-10,14-15H,3,7-8H2,1-2H3. The number of anilines is 1. The summed E-state index contributed by atoms with van der Waals surface area (Å²) in [6, 6.07) is 4.26. The summed E-state index contributed by atoms with van der Waals surface area (Å²) in [5.41, 5.74) is -0.194. The Bertz CT molecular complexity index is 645. The van der Waals surface area contributed by atoms with Crippen molar-refractivity contribution in [2.24, 2.45) is 11.8 Å². The van der Waals surface area contributed by atoms with E-state index in [2.05, 4.69) is 10.0 Å². The summed E-state index contributed by atoms with van der Waals surface area (Å²) in [5.74, 6) is 0.839. The Balaban J connectivity index is 2.32. The molecule has 1 fully saturated rings. The molecule has 0 aliphatic heterocycles. The number of nitro benzene ring substituents is 1. The molecule has 116 valence electrons. The summed E-state index contributed by atoms with van der Waals surface area (Å²) in [5, 5.41) is 14.1. The Kier molecular flexibility index (Phi) is 4.48. The molecule has 1 aromatic carbocycles. The molecule has 1 aromatic rings. The van der Waals surface area contributed by atoms with Gasteiger partial charge in [-0.05, 0) is 37.3 Å². The molecule has 2 N–H and O–H groups in total. The van der Waals surface area contributed by atoms with Crippen molar-refractivity contribution in [1.29, 1.82) is 0 Å². The summed E-state index contributed by atoms with van der Waals surface area (Å²) in [6.07, 6.45) is 0.988. The minimum Gasteiger partial charge on any atom is -0.380 e. The van der Waals surface area contributed by atoms with Gasteiger partial charge in [-0.3, -0.25) is 10.1 Å². The Morgan fingerprint density at radius 1 is 1.43 bits per heavy atom. The summed E-state index contributed by atoms with van der Waals surface area (Å²) in [4.78, 5) is 10.3. The third-order valence-electron chi connectivity index (χ3n) is 3.65. The fourth-order valence-corrected chi connectivity index (χ4v) is 3.52. The monoisotopic (exact) mass is 313 g/mol. The van der Waals surface area contributed by atoms with Crippen LogP contribution in [0.25, 0.3) is 0 Å². The number of para-hydroxylation sites is 1. The molecular weight excluding hydrogens is 294 g/mol. The van der Waals surface area contributed by atoms with E-state index in [1.165, 1.54) is 18.2 Å². The van der Waals surface area contributed by atoms with Crippen LogP contribution in [0.5, 0.6) is 0 Å². The lowest BCUT2D eigenvalue weighted by Crippen LogP contribution is -2.27. The Hall–Kier alpha value is -1.67. The van der Waals surface area contributed by atoms with Crippen LogP contribution in [0.2, 0.25) is 0 Å². The molecule has 8 heteroatoms. The number of rotatable bonds is 7. The second-order valence-corrected chi connectivity index (χ2v) is 7.00. The minimum atomic E-state index is -3.89. The number of nitrogens with zero attached hydrogens (tertiary/aromatic N) is 1. The molecule has 21 heavy (non-hydrogen) atoms. The molecule has 0 heterocycles. The molecule has 1 aliphatic carbocycles. The molecule has 0 spiro atoms. The van der Waals surface area contributed by atoms with Crippen LogP contribution in [0.3, 0.4) is 0 Å². The van der Waals surface area contributed by atoms with Crippen molar-refractivity contribution in [1.82, 2.24) is 4.72 Å². The van der Waals surface area contributed by atoms with E-state index in [0.717, 1.165) is 6.42 Å². The lowest BCUT2D eigenvalue weighted by atomic mass is 10.2. The zero-order chi connectivity index (χ0) is 15.6. The molecule has 1 aliphatic rings. The summed E-state index contributed by atoms with van der Waals surface area (Å²) in [7, 11) is -3.89. The van der Waals surface area contributed by atoms with Gasteiger partial charge in [-0.25, -0.2) is 13.1 Å². The van der Waals surface area contributed by atoms with Crippen molar-refractivity contribution >= 4 is 21.4 Å². The van der Waals surface area contributed by atoms with E-state index in [4.69, 9.17) is 0 Å². The van der Waals surface area contributed by atoms with E-state index in [1.54, 1.807) is 6.92 Å².